The van der Waals surface area contributed by atoms with E-state index in [4.69, 9.17) is 11.6 Å². The van der Waals surface area contributed by atoms with E-state index in [0.717, 1.165) is 5.52 Å². The van der Waals surface area contributed by atoms with Crippen molar-refractivity contribution >= 4 is 57.7 Å². The number of benzene rings is 1. The molecule has 1 aliphatic heterocycles. The fourth-order valence-electron chi connectivity index (χ4n) is 3.09. The van der Waals surface area contributed by atoms with E-state index in [-0.39, 0.29) is 30.0 Å². The van der Waals surface area contributed by atoms with Gasteiger partial charge in [-0.25, -0.2) is 9.97 Å². The fraction of sp³-hybridized carbons (Fsp3) is 0.222. The number of fused-ring (bicyclic) bond motifs is 2. The minimum Gasteiger partial charge on any atom is -0.331 e. The first-order valence-electron chi connectivity index (χ1n) is 8.36. The maximum absolute atomic E-state index is 13.0. The van der Waals surface area contributed by atoms with Crippen molar-refractivity contribution in [2.45, 2.75) is 24.5 Å². The molecule has 2 N–H and O–H groups in total. The first-order valence-corrected chi connectivity index (χ1v) is 9.72. The van der Waals surface area contributed by atoms with E-state index in [1.807, 2.05) is 25.1 Å². The summed E-state index contributed by atoms with van der Waals surface area (Å²) in [5.74, 6) is -0.0125. The Morgan fingerprint density at radius 3 is 3.07 bits per heavy atom. The van der Waals surface area contributed by atoms with Crippen LogP contribution in [0, 0.1) is 0 Å². The predicted molar refractivity (Wildman–Crippen MR) is 106 cm³/mol. The molecule has 0 bridgehead atoms. The smallest absolute Gasteiger partial charge is 0.237 e. The third-order valence-electron chi connectivity index (χ3n) is 4.24. The largest absolute Gasteiger partial charge is 0.331 e. The highest BCUT2D eigenvalue weighted by molar-refractivity contribution is 7.99. The van der Waals surface area contributed by atoms with E-state index in [0.29, 0.717) is 27.2 Å². The first-order chi connectivity index (χ1) is 13.0. The molecule has 2 aromatic heterocycles. The van der Waals surface area contributed by atoms with Gasteiger partial charge in [-0.1, -0.05) is 35.5 Å². The van der Waals surface area contributed by atoms with Crippen molar-refractivity contribution in [3.05, 3.63) is 41.6 Å². The number of rotatable bonds is 3. The molecule has 1 atom stereocenters. The lowest BCUT2D eigenvalue weighted by molar-refractivity contribution is -0.117. The van der Waals surface area contributed by atoms with Gasteiger partial charge in [0.25, 0.3) is 0 Å². The number of para-hydroxylation sites is 2. The molecule has 27 heavy (non-hydrogen) atoms. The number of aromatic nitrogens is 3. The van der Waals surface area contributed by atoms with Crippen molar-refractivity contribution in [2.24, 2.45) is 0 Å². The van der Waals surface area contributed by atoms with Gasteiger partial charge >= 0.3 is 0 Å². The number of nitrogens with one attached hydrogen (secondary N) is 2. The normalized spacial score (nSPS) is 16.7. The summed E-state index contributed by atoms with van der Waals surface area (Å²) >= 11 is 7.23. The van der Waals surface area contributed by atoms with Crippen LogP contribution in [-0.2, 0) is 9.59 Å². The van der Waals surface area contributed by atoms with Crippen LogP contribution in [0.3, 0.4) is 0 Å². The monoisotopic (exact) mass is 401 g/mol. The summed E-state index contributed by atoms with van der Waals surface area (Å²) in [4.78, 5) is 38.3. The molecular formula is C18H16ClN5O2S. The third-order valence-corrected chi connectivity index (χ3v) is 5.31. The molecule has 4 rings (SSSR count). The average molecular weight is 402 g/mol. The quantitative estimate of drug-likeness (QED) is 0.656. The van der Waals surface area contributed by atoms with Gasteiger partial charge in [-0.05, 0) is 25.1 Å². The highest BCUT2D eigenvalue weighted by Gasteiger charge is 2.29. The molecule has 0 fully saturated rings. The van der Waals surface area contributed by atoms with Gasteiger partial charge < -0.3 is 15.2 Å². The van der Waals surface area contributed by atoms with E-state index in [1.54, 1.807) is 17.0 Å². The number of carbonyl (C=O) groups is 2. The van der Waals surface area contributed by atoms with E-state index in [9.17, 15) is 9.59 Å². The molecule has 138 valence electrons. The van der Waals surface area contributed by atoms with Gasteiger partial charge in [0.05, 0.1) is 27.7 Å². The van der Waals surface area contributed by atoms with Crippen LogP contribution in [0.4, 0.5) is 11.4 Å². The van der Waals surface area contributed by atoms with E-state index in [1.165, 1.54) is 18.0 Å². The Kier molecular flexibility index (Phi) is 4.75. The molecular weight excluding hydrogens is 386 g/mol. The van der Waals surface area contributed by atoms with Crippen LogP contribution in [0.2, 0.25) is 5.02 Å². The summed E-state index contributed by atoms with van der Waals surface area (Å²) in [7, 11) is 0. The molecule has 7 nitrogen and oxygen atoms in total. The number of amides is 2. The Morgan fingerprint density at radius 2 is 2.22 bits per heavy atom. The van der Waals surface area contributed by atoms with Gasteiger partial charge in [0.2, 0.25) is 11.8 Å². The molecule has 3 aromatic rings. The van der Waals surface area contributed by atoms with Gasteiger partial charge in [-0.2, -0.15) is 0 Å². The highest BCUT2D eigenvalue weighted by Crippen LogP contribution is 2.32. The van der Waals surface area contributed by atoms with Crippen LogP contribution in [0.5, 0.6) is 0 Å². The maximum Gasteiger partial charge on any atom is 0.237 e. The second-order valence-electron chi connectivity index (χ2n) is 6.24. The number of hydrogen-bond acceptors (Lipinski definition) is 5. The number of H-pyrrole nitrogens is 1. The SMILES string of the molecule is C[C@H]1CC(=O)Nc2ccccc2N1C(=O)CSc1nc2ncc(Cl)cc2[nH]1. The lowest BCUT2D eigenvalue weighted by Crippen LogP contribution is -2.40. The molecule has 2 amide bonds. The molecule has 0 aliphatic carbocycles. The number of imidazole rings is 1. The molecule has 0 spiro atoms. The second-order valence-corrected chi connectivity index (χ2v) is 7.64. The molecule has 0 saturated carbocycles. The first kappa shape index (κ1) is 17.8. The van der Waals surface area contributed by atoms with Gasteiger partial charge in [0.15, 0.2) is 10.8 Å². The molecule has 0 unspecified atom stereocenters. The number of anilines is 2. The second kappa shape index (κ2) is 7.21. The number of thioether (sulfide) groups is 1. The maximum atomic E-state index is 13.0. The van der Waals surface area contributed by atoms with Crippen LogP contribution in [0.25, 0.3) is 11.2 Å². The van der Waals surface area contributed by atoms with E-state index < -0.39 is 0 Å². The molecule has 1 aliphatic rings. The number of carbonyl (C=O) groups excluding carboxylic acids is 2. The van der Waals surface area contributed by atoms with Crippen molar-refractivity contribution in [2.75, 3.05) is 16.0 Å². The van der Waals surface area contributed by atoms with Gasteiger partial charge in [0, 0.05) is 18.7 Å². The standard InChI is InChI=1S/C18H16ClN5O2S/c1-10-6-15(25)21-12-4-2-3-5-14(12)24(10)16(26)9-27-18-22-13-7-11(19)8-20-17(13)23-18/h2-5,7-8,10H,6,9H2,1H3,(H,21,25)(H,20,22,23)/t10-/m0/s1. The number of halogens is 1. The third kappa shape index (κ3) is 3.63. The fourth-order valence-corrected chi connectivity index (χ4v) is 3.98. The number of hydrogen-bond donors (Lipinski definition) is 2. The molecule has 1 aromatic carbocycles. The Labute approximate surface area is 164 Å². The Balaban J connectivity index is 1.55. The van der Waals surface area contributed by atoms with Gasteiger partial charge in [0.1, 0.15) is 0 Å². The van der Waals surface area contributed by atoms with Crippen molar-refractivity contribution in [1.29, 1.82) is 0 Å². The van der Waals surface area contributed by atoms with E-state index in [2.05, 4.69) is 20.3 Å². The predicted octanol–water partition coefficient (Wildman–Crippen LogP) is 3.47. The Bertz CT molecular complexity index is 1040. The summed E-state index contributed by atoms with van der Waals surface area (Å²) in [6.45, 7) is 1.87. The number of aromatic amines is 1. The molecule has 0 saturated heterocycles. The summed E-state index contributed by atoms with van der Waals surface area (Å²) in [5.41, 5.74) is 2.63. The van der Waals surface area contributed by atoms with Crippen molar-refractivity contribution in [1.82, 2.24) is 15.0 Å². The lowest BCUT2D eigenvalue weighted by Gasteiger charge is -2.27. The summed E-state index contributed by atoms with van der Waals surface area (Å²) in [5, 5.41) is 3.97. The van der Waals surface area contributed by atoms with Crippen molar-refractivity contribution in [3.63, 3.8) is 0 Å². The van der Waals surface area contributed by atoms with Gasteiger partial charge in [-0.3, -0.25) is 9.59 Å². The Hall–Kier alpha value is -2.58. The number of pyridine rings is 1. The van der Waals surface area contributed by atoms with Crippen LogP contribution >= 0.6 is 23.4 Å². The van der Waals surface area contributed by atoms with Crippen molar-refractivity contribution < 1.29 is 9.59 Å². The summed E-state index contributed by atoms with van der Waals surface area (Å²) in [6, 6.07) is 8.83. The van der Waals surface area contributed by atoms with Crippen LogP contribution in [0.15, 0.2) is 41.7 Å². The highest BCUT2D eigenvalue weighted by atomic mass is 35.5. The number of nitrogens with zero attached hydrogens (tertiary/aromatic N) is 3. The summed E-state index contributed by atoms with van der Waals surface area (Å²) < 4.78 is 0. The molecule has 3 heterocycles. The zero-order valence-electron chi connectivity index (χ0n) is 14.4. The van der Waals surface area contributed by atoms with Crippen LogP contribution in [-0.4, -0.2) is 38.6 Å². The topological polar surface area (TPSA) is 91.0 Å². The zero-order chi connectivity index (χ0) is 19.0. The lowest BCUT2D eigenvalue weighted by atomic mass is 10.2. The minimum absolute atomic E-state index is 0.0945. The van der Waals surface area contributed by atoms with Gasteiger partial charge in [-0.15, -0.1) is 0 Å². The molecule has 9 heteroatoms. The van der Waals surface area contributed by atoms with Crippen molar-refractivity contribution in [3.8, 4) is 0 Å². The van der Waals surface area contributed by atoms with Crippen LogP contribution in [0.1, 0.15) is 13.3 Å². The Morgan fingerprint density at radius 1 is 1.41 bits per heavy atom. The van der Waals surface area contributed by atoms with Crippen LogP contribution < -0.4 is 10.2 Å². The zero-order valence-corrected chi connectivity index (χ0v) is 16.0. The minimum atomic E-state index is -0.238. The van der Waals surface area contributed by atoms with E-state index >= 15 is 0 Å². The average Bonchev–Trinajstić information content (AvgIpc) is 2.97. The summed E-state index contributed by atoms with van der Waals surface area (Å²) in [6.07, 6.45) is 1.78. The molecule has 0 radical (unpaired) electrons.